The second-order valence-corrected chi connectivity index (χ2v) is 7.39. The van der Waals surface area contributed by atoms with Crippen LogP contribution in [0.4, 0.5) is 11.5 Å². The first-order chi connectivity index (χ1) is 16.0. The van der Waals surface area contributed by atoms with Crippen molar-refractivity contribution in [1.82, 2.24) is 9.78 Å². The lowest BCUT2D eigenvalue weighted by molar-refractivity contribution is 0.102. The van der Waals surface area contributed by atoms with Crippen LogP contribution in [-0.4, -0.2) is 28.2 Å². The molecule has 3 aromatic carbocycles. The van der Waals surface area contributed by atoms with E-state index in [1.807, 2.05) is 56.3 Å². The first-order valence-corrected chi connectivity index (χ1v) is 10.6. The highest BCUT2D eigenvalue weighted by Crippen LogP contribution is 2.23. The summed E-state index contributed by atoms with van der Waals surface area (Å²) < 4.78 is 6.98. The van der Waals surface area contributed by atoms with E-state index in [0.717, 1.165) is 17.0 Å². The summed E-state index contributed by atoms with van der Waals surface area (Å²) in [7, 11) is 0. The third kappa shape index (κ3) is 5.10. The van der Waals surface area contributed by atoms with E-state index < -0.39 is 0 Å². The molecular weight excluding hydrogens is 416 g/mol. The molecule has 166 valence electrons. The molecule has 0 fully saturated rings. The number of aryl methyl sites for hydroxylation is 1. The Hall–Kier alpha value is -4.39. The number of anilines is 2. The standard InChI is InChI=1S/C26H24N4O3/c1-3-33-22-15-13-20(14-16-22)28-26(32)23-17-27-30(21-7-5-4-6-8-21)24(23)29-25(31)19-11-9-18(2)10-12-19/h4-17H,3H2,1-2H3,(H,28,32)(H,29,31). The predicted molar refractivity (Wildman–Crippen MR) is 128 cm³/mol. The van der Waals surface area contributed by atoms with Gasteiger partial charge in [0, 0.05) is 11.3 Å². The molecule has 1 heterocycles. The number of para-hydroxylation sites is 1. The Labute approximate surface area is 192 Å². The molecule has 4 rings (SSSR count). The minimum atomic E-state index is -0.388. The number of ether oxygens (including phenoxy) is 1. The van der Waals surface area contributed by atoms with Crippen LogP contribution in [0.5, 0.6) is 5.75 Å². The van der Waals surface area contributed by atoms with Gasteiger partial charge in [0.05, 0.1) is 18.5 Å². The Bertz CT molecular complexity index is 1250. The first-order valence-electron chi connectivity index (χ1n) is 10.6. The van der Waals surface area contributed by atoms with E-state index in [9.17, 15) is 9.59 Å². The summed E-state index contributed by atoms with van der Waals surface area (Å²) in [6.07, 6.45) is 1.45. The zero-order valence-electron chi connectivity index (χ0n) is 18.4. The molecule has 0 aliphatic carbocycles. The summed E-state index contributed by atoms with van der Waals surface area (Å²) in [6.45, 7) is 4.43. The number of amides is 2. The smallest absolute Gasteiger partial charge is 0.261 e. The van der Waals surface area contributed by atoms with Crippen molar-refractivity contribution < 1.29 is 14.3 Å². The molecule has 4 aromatic rings. The highest BCUT2D eigenvalue weighted by atomic mass is 16.5. The van der Waals surface area contributed by atoms with Gasteiger partial charge in [-0.05, 0) is 62.4 Å². The Kier molecular flexibility index (Phi) is 6.50. The van der Waals surface area contributed by atoms with Gasteiger partial charge in [-0.25, -0.2) is 4.68 Å². The van der Waals surface area contributed by atoms with Crippen LogP contribution in [0.2, 0.25) is 0 Å². The van der Waals surface area contributed by atoms with Crippen molar-refractivity contribution in [2.45, 2.75) is 13.8 Å². The van der Waals surface area contributed by atoms with Gasteiger partial charge in [-0.3, -0.25) is 9.59 Å². The fourth-order valence-corrected chi connectivity index (χ4v) is 3.28. The van der Waals surface area contributed by atoms with Crippen molar-refractivity contribution >= 4 is 23.3 Å². The Morgan fingerprint density at radius 1 is 0.879 bits per heavy atom. The van der Waals surface area contributed by atoms with Crippen LogP contribution in [0, 0.1) is 6.92 Å². The fourth-order valence-electron chi connectivity index (χ4n) is 3.28. The quantitative estimate of drug-likeness (QED) is 0.419. The fraction of sp³-hybridized carbons (Fsp3) is 0.115. The van der Waals surface area contributed by atoms with E-state index in [0.29, 0.717) is 17.9 Å². The predicted octanol–water partition coefficient (Wildman–Crippen LogP) is 5.08. The molecule has 0 unspecified atom stereocenters. The molecule has 7 heteroatoms. The van der Waals surface area contributed by atoms with Gasteiger partial charge in [-0.2, -0.15) is 5.10 Å². The van der Waals surface area contributed by atoms with Crippen LogP contribution < -0.4 is 15.4 Å². The molecule has 1 aromatic heterocycles. The maximum atomic E-state index is 13.1. The first kappa shape index (κ1) is 21.8. The van der Waals surface area contributed by atoms with Crippen molar-refractivity contribution in [2.24, 2.45) is 0 Å². The summed E-state index contributed by atoms with van der Waals surface area (Å²) >= 11 is 0. The molecule has 2 N–H and O–H groups in total. The number of rotatable bonds is 7. The van der Waals surface area contributed by atoms with Crippen LogP contribution in [-0.2, 0) is 0 Å². The number of carbonyl (C=O) groups is 2. The molecule has 2 amide bonds. The molecule has 7 nitrogen and oxygen atoms in total. The number of carbonyl (C=O) groups excluding carboxylic acids is 2. The largest absolute Gasteiger partial charge is 0.494 e. The summed E-state index contributed by atoms with van der Waals surface area (Å²) in [5.74, 6) is 0.289. The SMILES string of the molecule is CCOc1ccc(NC(=O)c2cnn(-c3ccccc3)c2NC(=O)c2ccc(C)cc2)cc1. The van der Waals surface area contributed by atoms with E-state index in [2.05, 4.69) is 15.7 Å². The van der Waals surface area contributed by atoms with E-state index in [1.165, 1.54) is 6.20 Å². The van der Waals surface area contributed by atoms with Crippen LogP contribution in [0.1, 0.15) is 33.2 Å². The van der Waals surface area contributed by atoms with Crippen molar-refractivity contribution in [1.29, 1.82) is 0 Å². The third-order valence-electron chi connectivity index (χ3n) is 4.98. The molecule has 0 radical (unpaired) electrons. The number of nitrogens with zero attached hydrogens (tertiary/aromatic N) is 2. The molecular formula is C26H24N4O3. The molecule has 33 heavy (non-hydrogen) atoms. The normalized spacial score (nSPS) is 10.5. The van der Waals surface area contributed by atoms with Gasteiger partial charge in [-0.15, -0.1) is 0 Å². The van der Waals surface area contributed by atoms with Gasteiger partial charge in [0.15, 0.2) is 0 Å². The molecule has 0 spiro atoms. The average molecular weight is 441 g/mol. The lowest BCUT2D eigenvalue weighted by atomic mass is 10.1. The highest BCUT2D eigenvalue weighted by molar-refractivity contribution is 6.12. The topological polar surface area (TPSA) is 85.2 Å². The summed E-state index contributed by atoms with van der Waals surface area (Å²) in [5, 5.41) is 10.1. The summed E-state index contributed by atoms with van der Waals surface area (Å²) in [5.41, 5.74) is 3.10. The second-order valence-electron chi connectivity index (χ2n) is 7.39. The number of benzene rings is 3. The Balaban J connectivity index is 1.64. The summed E-state index contributed by atoms with van der Waals surface area (Å²) in [4.78, 5) is 26.0. The average Bonchev–Trinajstić information content (AvgIpc) is 3.25. The van der Waals surface area contributed by atoms with Crippen molar-refractivity contribution in [3.05, 3.63) is 102 Å². The number of hydrogen-bond acceptors (Lipinski definition) is 4. The van der Waals surface area contributed by atoms with Crippen molar-refractivity contribution in [2.75, 3.05) is 17.2 Å². The van der Waals surface area contributed by atoms with Crippen LogP contribution in [0.15, 0.2) is 85.1 Å². The molecule has 0 aliphatic heterocycles. The van der Waals surface area contributed by atoms with Gasteiger partial charge in [0.2, 0.25) is 0 Å². The lowest BCUT2D eigenvalue weighted by Crippen LogP contribution is -2.19. The van der Waals surface area contributed by atoms with Crippen molar-refractivity contribution in [3.63, 3.8) is 0 Å². The zero-order valence-corrected chi connectivity index (χ0v) is 18.4. The zero-order chi connectivity index (χ0) is 23.2. The summed E-state index contributed by atoms with van der Waals surface area (Å²) in [6, 6.07) is 23.6. The van der Waals surface area contributed by atoms with Crippen LogP contribution >= 0.6 is 0 Å². The van der Waals surface area contributed by atoms with Gasteiger partial charge >= 0.3 is 0 Å². The highest BCUT2D eigenvalue weighted by Gasteiger charge is 2.21. The maximum Gasteiger partial charge on any atom is 0.261 e. The molecule has 0 aliphatic rings. The van der Waals surface area contributed by atoms with E-state index >= 15 is 0 Å². The monoisotopic (exact) mass is 440 g/mol. The van der Waals surface area contributed by atoms with Gasteiger partial charge in [-0.1, -0.05) is 35.9 Å². The molecule has 0 atom stereocenters. The Morgan fingerprint density at radius 3 is 2.24 bits per heavy atom. The van der Waals surface area contributed by atoms with Gasteiger partial charge in [0.1, 0.15) is 17.1 Å². The van der Waals surface area contributed by atoms with Crippen LogP contribution in [0.25, 0.3) is 5.69 Å². The minimum absolute atomic E-state index is 0.244. The second kappa shape index (κ2) is 9.82. The molecule has 0 bridgehead atoms. The molecule has 0 saturated carbocycles. The molecule has 0 saturated heterocycles. The number of hydrogen-bond donors (Lipinski definition) is 2. The van der Waals surface area contributed by atoms with Gasteiger partial charge in [0.25, 0.3) is 11.8 Å². The van der Waals surface area contributed by atoms with E-state index in [4.69, 9.17) is 4.74 Å². The Morgan fingerprint density at radius 2 is 1.58 bits per heavy atom. The number of nitrogens with one attached hydrogen (secondary N) is 2. The van der Waals surface area contributed by atoms with E-state index in [1.54, 1.807) is 41.1 Å². The maximum absolute atomic E-state index is 13.1. The number of aromatic nitrogens is 2. The van der Waals surface area contributed by atoms with Gasteiger partial charge < -0.3 is 15.4 Å². The van der Waals surface area contributed by atoms with E-state index in [-0.39, 0.29) is 23.2 Å². The van der Waals surface area contributed by atoms with Crippen LogP contribution in [0.3, 0.4) is 0 Å². The van der Waals surface area contributed by atoms with Crippen molar-refractivity contribution in [3.8, 4) is 11.4 Å². The minimum Gasteiger partial charge on any atom is -0.494 e. The third-order valence-corrected chi connectivity index (χ3v) is 4.98. The lowest BCUT2D eigenvalue weighted by Gasteiger charge is -2.12.